The van der Waals surface area contributed by atoms with Gasteiger partial charge in [-0.25, -0.2) is 8.78 Å². The second-order valence-corrected chi connectivity index (χ2v) is 6.22. The molecule has 3 rings (SSSR count). The van der Waals surface area contributed by atoms with Crippen molar-refractivity contribution in [3.63, 3.8) is 0 Å². The summed E-state index contributed by atoms with van der Waals surface area (Å²) in [5.41, 5.74) is 2.69. The van der Waals surface area contributed by atoms with Gasteiger partial charge in [0, 0.05) is 41.9 Å². The zero-order valence-electron chi connectivity index (χ0n) is 12.4. The number of nitrogens with zero attached hydrogens (tertiary/aromatic N) is 2. The zero-order valence-corrected chi connectivity index (χ0v) is 12.4. The maximum atomic E-state index is 13.7. The number of rotatable bonds is 3. The highest BCUT2D eigenvalue weighted by atomic mass is 19.1. The van der Waals surface area contributed by atoms with Crippen LogP contribution < -0.4 is 4.90 Å². The van der Waals surface area contributed by atoms with Gasteiger partial charge in [-0.05, 0) is 17.7 Å². The maximum Gasteiger partial charge on any atom is 0.214 e. The van der Waals surface area contributed by atoms with Crippen molar-refractivity contribution in [1.82, 2.24) is 4.98 Å². The van der Waals surface area contributed by atoms with E-state index in [-0.39, 0.29) is 11.8 Å². The second-order valence-electron chi connectivity index (χ2n) is 6.22. The van der Waals surface area contributed by atoms with E-state index >= 15 is 0 Å². The van der Waals surface area contributed by atoms with E-state index in [0.29, 0.717) is 17.8 Å². The Balaban J connectivity index is 1.96. The quantitative estimate of drug-likeness (QED) is 0.816. The largest absolute Gasteiger partial charge is 0.314 e. The number of anilines is 1. The average Bonchev–Trinajstić information content (AvgIpc) is 2.73. The molecule has 0 bridgehead atoms. The van der Waals surface area contributed by atoms with Gasteiger partial charge in [-0.2, -0.15) is 0 Å². The summed E-state index contributed by atoms with van der Waals surface area (Å²) in [5.74, 6) is -1.19. The lowest BCUT2D eigenvalue weighted by Gasteiger charge is -2.17. The molecule has 2 aromatic rings. The molecule has 0 saturated heterocycles. The Morgan fingerprint density at radius 2 is 2.09 bits per heavy atom. The Bertz CT molecular complexity index is 743. The molecule has 114 valence electrons. The number of amides is 1. The Morgan fingerprint density at radius 1 is 1.32 bits per heavy atom. The molecule has 1 aliphatic rings. The molecule has 0 N–H and O–H groups in total. The first-order chi connectivity index (χ1) is 10.4. The first-order valence-electron chi connectivity index (χ1n) is 7.06. The standard InChI is InChI=1S/C17H16F2N2O/c1-17(2)9-21(10-22)16-7-13(20-8-14(16)17)5-11-3-4-12(18)6-15(11)19/h3-4,6-8,10H,5,9H2,1-2H3. The Hall–Kier alpha value is -2.30. The predicted octanol–water partition coefficient (Wildman–Crippen LogP) is 3.20. The predicted molar refractivity (Wildman–Crippen MR) is 79.8 cm³/mol. The Morgan fingerprint density at radius 3 is 2.77 bits per heavy atom. The van der Waals surface area contributed by atoms with Crippen LogP contribution in [0.25, 0.3) is 0 Å². The molecule has 1 aromatic carbocycles. The summed E-state index contributed by atoms with van der Waals surface area (Å²) in [4.78, 5) is 17.2. The minimum absolute atomic E-state index is 0.150. The molecule has 0 radical (unpaired) electrons. The van der Waals surface area contributed by atoms with Crippen molar-refractivity contribution in [2.45, 2.75) is 25.7 Å². The van der Waals surface area contributed by atoms with E-state index in [2.05, 4.69) is 18.8 Å². The summed E-state index contributed by atoms with van der Waals surface area (Å²) < 4.78 is 26.7. The molecule has 0 spiro atoms. The third-order valence-electron chi connectivity index (χ3n) is 4.06. The lowest BCUT2D eigenvalue weighted by atomic mass is 9.88. The van der Waals surface area contributed by atoms with E-state index in [1.54, 1.807) is 17.2 Å². The number of hydrogen-bond donors (Lipinski definition) is 0. The van der Waals surface area contributed by atoms with Gasteiger partial charge in [-0.3, -0.25) is 9.78 Å². The smallest absolute Gasteiger partial charge is 0.214 e. The van der Waals surface area contributed by atoms with Crippen LogP contribution in [0.2, 0.25) is 0 Å². The number of carbonyl (C=O) groups excluding carboxylic acids is 1. The molecule has 0 saturated carbocycles. The van der Waals surface area contributed by atoms with Crippen LogP contribution in [-0.4, -0.2) is 17.9 Å². The number of benzene rings is 1. The van der Waals surface area contributed by atoms with Crippen LogP contribution >= 0.6 is 0 Å². The molecule has 2 heterocycles. The molecule has 3 nitrogen and oxygen atoms in total. The molecular weight excluding hydrogens is 286 g/mol. The number of pyridine rings is 1. The molecule has 0 aliphatic carbocycles. The van der Waals surface area contributed by atoms with Crippen LogP contribution in [0.15, 0.2) is 30.5 Å². The van der Waals surface area contributed by atoms with Crippen molar-refractivity contribution >= 4 is 12.1 Å². The van der Waals surface area contributed by atoms with Gasteiger partial charge >= 0.3 is 0 Å². The normalized spacial score (nSPS) is 15.7. The van der Waals surface area contributed by atoms with E-state index in [1.807, 2.05) is 0 Å². The fourth-order valence-electron chi connectivity index (χ4n) is 2.89. The molecule has 0 fully saturated rings. The molecule has 1 amide bonds. The maximum absolute atomic E-state index is 13.7. The molecule has 0 atom stereocenters. The highest BCUT2D eigenvalue weighted by Crippen LogP contribution is 2.39. The Kier molecular flexibility index (Phi) is 3.43. The SMILES string of the molecule is CC1(C)CN(C=O)c2cc(Cc3ccc(F)cc3F)ncc21. The van der Waals surface area contributed by atoms with Gasteiger partial charge in [0.25, 0.3) is 0 Å². The van der Waals surface area contributed by atoms with Gasteiger partial charge in [0.2, 0.25) is 6.41 Å². The molecular formula is C17H16F2N2O. The third kappa shape index (κ3) is 2.47. The zero-order chi connectivity index (χ0) is 15.9. The van der Waals surface area contributed by atoms with Crippen molar-refractivity contribution in [1.29, 1.82) is 0 Å². The monoisotopic (exact) mass is 302 g/mol. The minimum Gasteiger partial charge on any atom is -0.314 e. The molecule has 22 heavy (non-hydrogen) atoms. The topological polar surface area (TPSA) is 33.2 Å². The van der Waals surface area contributed by atoms with Crippen molar-refractivity contribution in [3.8, 4) is 0 Å². The lowest BCUT2D eigenvalue weighted by molar-refractivity contribution is -0.107. The fourth-order valence-corrected chi connectivity index (χ4v) is 2.89. The van der Waals surface area contributed by atoms with Crippen LogP contribution in [0.3, 0.4) is 0 Å². The lowest BCUT2D eigenvalue weighted by Crippen LogP contribution is -2.27. The number of hydrogen-bond acceptors (Lipinski definition) is 2. The number of aromatic nitrogens is 1. The summed E-state index contributed by atoms with van der Waals surface area (Å²) >= 11 is 0. The molecule has 1 aliphatic heterocycles. The highest BCUT2D eigenvalue weighted by molar-refractivity contribution is 5.81. The van der Waals surface area contributed by atoms with E-state index in [4.69, 9.17) is 0 Å². The van der Waals surface area contributed by atoms with Gasteiger partial charge in [0.15, 0.2) is 0 Å². The Labute approximate surface area is 127 Å². The summed E-state index contributed by atoms with van der Waals surface area (Å²) in [5, 5.41) is 0. The van der Waals surface area contributed by atoms with Crippen molar-refractivity contribution < 1.29 is 13.6 Å². The molecule has 1 aromatic heterocycles. The van der Waals surface area contributed by atoms with E-state index < -0.39 is 11.6 Å². The van der Waals surface area contributed by atoms with Gasteiger partial charge in [0.1, 0.15) is 11.6 Å². The van der Waals surface area contributed by atoms with E-state index in [9.17, 15) is 13.6 Å². The first kappa shape index (κ1) is 14.6. The van der Waals surface area contributed by atoms with E-state index in [1.165, 1.54) is 12.1 Å². The van der Waals surface area contributed by atoms with Crippen LogP contribution in [-0.2, 0) is 16.6 Å². The number of carbonyl (C=O) groups is 1. The molecule has 5 heteroatoms. The third-order valence-corrected chi connectivity index (χ3v) is 4.06. The van der Waals surface area contributed by atoms with Crippen LogP contribution in [0, 0.1) is 11.6 Å². The van der Waals surface area contributed by atoms with Crippen molar-refractivity contribution in [2.24, 2.45) is 0 Å². The second kappa shape index (κ2) is 5.16. The highest BCUT2D eigenvalue weighted by Gasteiger charge is 2.35. The van der Waals surface area contributed by atoms with Gasteiger partial charge in [-0.1, -0.05) is 19.9 Å². The summed E-state index contributed by atoms with van der Waals surface area (Å²) in [6, 6.07) is 5.32. The van der Waals surface area contributed by atoms with Gasteiger partial charge < -0.3 is 4.90 Å². The van der Waals surface area contributed by atoms with Crippen LogP contribution in [0.5, 0.6) is 0 Å². The first-order valence-corrected chi connectivity index (χ1v) is 7.06. The fraction of sp³-hybridized carbons (Fsp3) is 0.294. The van der Waals surface area contributed by atoms with Crippen molar-refractivity contribution in [2.75, 3.05) is 11.4 Å². The number of halogens is 2. The van der Waals surface area contributed by atoms with Gasteiger partial charge in [-0.15, -0.1) is 0 Å². The summed E-state index contributed by atoms with van der Waals surface area (Å²) in [6.07, 6.45) is 2.80. The average molecular weight is 302 g/mol. The molecule has 0 unspecified atom stereocenters. The van der Waals surface area contributed by atoms with Crippen molar-refractivity contribution in [3.05, 3.63) is 58.9 Å². The van der Waals surface area contributed by atoms with Crippen LogP contribution in [0.4, 0.5) is 14.5 Å². The van der Waals surface area contributed by atoms with Crippen LogP contribution in [0.1, 0.15) is 30.7 Å². The van der Waals surface area contributed by atoms with E-state index in [0.717, 1.165) is 23.7 Å². The summed E-state index contributed by atoms with van der Waals surface area (Å²) in [7, 11) is 0. The number of fused-ring (bicyclic) bond motifs is 1. The minimum atomic E-state index is -0.600. The summed E-state index contributed by atoms with van der Waals surface area (Å²) in [6.45, 7) is 4.70. The van der Waals surface area contributed by atoms with Gasteiger partial charge in [0.05, 0.1) is 5.69 Å².